The van der Waals surface area contributed by atoms with Crippen molar-refractivity contribution in [2.75, 3.05) is 18.2 Å². The first-order valence-electron chi connectivity index (χ1n) is 7.07. The number of thiocarbonyl (C=S) groups is 1. The molecule has 1 saturated heterocycles. The van der Waals surface area contributed by atoms with Crippen molar-refractivity contribution in [2.45, 2.75) is 13.5 Å². The molecular formula is C16H19N4S+. The number of benzene rings is 1. The summed E-state index contributed by atoms with van der Waals surface area (Å²) in [6.07, 6.45) is 3.73. The highest BCUT2D eigenvalue weighted by Crippen LogP contribution is 2.15. The first-order chi connectivity index (χ1) is 10.2. The van der Waals surface area contributed by atoms with E-state index in [-0.39, 0.29) is 0 Å². The topological polar surface area (TPSA) is 32.6 Å². The highest BCUT2D eigenvalue weighted by molar-refractivity contribution is 7.80. The van der Waals surface area contributed by atoms with Gasteiger partial charge in [0.15, 0.2) is 18.4 Å². The van der Waals surface area contributed by atoms with Gasteiger partial charge < -0.3 is 5.32 Å². The van der Waals surface area contributed by atoms with Crippen LogP contribution in [0.2, 0.25) is 0 Å². The van der Waals surface area contributed by atoms with E-state index in [4.69, 9.17) is 12.2 Å². The lowest BCUT2D eigenvalue weighted by Crippen LogP contribution is -3.16. The minimum absolute atomic E-state index is 0.801. The summed E-state index contributed by atoms with van der Waals surface area (Å²) in [5, 5.41) is 4.12. The number of aryl methyl sites for hydroxylation is 1. The molecular weight excluding hydrogens is 280 g/mol. The lowest BCUT2D eigenvalue weighted by molar-refractivity contribution is -0.916. The van der Waals surface area contributed by atoms with E-state index in [0.29, 0.717) is 0 Å². The fraction of sp³-hybridized carbons (Fsp3) is 0.250. The normalized spacial score (nSPS) is 18.4. The Morgan fingerprint density at radius 2 is 2.24 bits per heavy atom. The maximum Gasteiger partial charge on any atom is 0.182 e. The van der Waals surface area contributed by atoms with Crippen molar-refractivity contribution < 1.29 is 4.90 Å². The Bertz CT molecular complexity index is 629. The second-order valence-corrected chi connectivity index (χ2v) is 5.76. The molecule has 1 unspecified atom stereocenters. The second-order valence-electron chi connectivity index (χ2n) is 5.37. The van der Waals surface area contributed by atoms with Crippen LogP contribution in [0.5, 0.6) is 0 Å². The Morgan fingerprint density at radius 1 is 1.33 bits per heavy atom. The molecule has 0 saturated carbocycles. The lowest BCUT2D eigenvalue weighted by Gasteiger charge is -2.35. The molecule has 1 aliphatic heterocycles. The van der Waals surface area contributed by atoms with E-state index in [9.17, 15) is 0 Å². The van der Waals surface area contributed by atoms with Gasteiger partial charge in [-0.3, -0.25) is 14.8 Å². The van der Waals surface area contributed by atoms with Crippen molar-refractivity contribution in [3.8, 4) is 0 Å². The van der Waals surface area contributed by atoms with Crippen molar-refractivity contribution in [1.82, 2.24) is 10.3 Å². The summed E-state index contributed by atoms with van der Waals surface area (Å²) in [6, 6.07) is 12.5. The monoisotopic (exact) mass is 299 g/mol. The van der Waals surface area contributed by atoms with Crippen molar-refractivity contribution in [3.05, 3.63) is 59.9 Å². The van der Waals surface area contributed by atoms with Gasteiger partial charge in [-0.05, 0) is 42.9 Å². The Balaban J connectivity index is 1.74. The molecule has 4 nitrogen and oxygen atoms in total. The predicted molar refractivity (Wildman–Crippen MR) is 88.0 cm³/mol. The van der Waals surface area contributed by atoms with Crippen LogP contribution in [-0.4, -0.2) is 23.4 Å². The first-order valence-corrected chi connectivity index (χ1v) is 7.48. The zero-order valence-corrected chi connectivity index (χ0v) is 12.9. The van der Waals surface area contributed by atoms with Crippen LogP contribution in [0.4, 0.5) is 5.69 Å². The van der Waals surface area contributed by atoms with E-state index in [1.165, 1.54) is 16.0 Å². The first kappa shape index (κ1) is 14.0. The highest BCUT2D eigenvalue weighted by Gasteiger charge is 2.24. The van der Waals surface area contributed by atoms with Crippen LogP contribution >= 0.6 is 12.2 Å². The van der Waals surface area contributed by atoms with Gasteiger partial charge in [-0.25, -0.2) is 0 Å². The molecule has 0 bridgehead atoms. The number of quaternary nitrogens is 1. The molecule has 3 rings (SSSR count). The van der Waals surface area contributed by atoms with Gasteiger partial charge >= 0.3 is 0 Å². The van der Waals surface area contributed by atoms with E-state index in [1.54, 1.807) is 0 Å². The summed E-state index contributed by atoms with van der Waals surface area (Å²) >= 11 is 5.46. The van der Waals surface area contributed by atoms with Crippen LogP contribution in [0.25, 0.3) is 0 Å². The minimum atomic E-state index is 0.801. The molecule has 0 aliphatic carbocycles. The molecule has 5 heteroatoms. The third kappa shape index (κ3) is 3.37. The summed E-state index contributed by atoms with van der Waals surface area (Å²) in [4.78, 5) is 7.76. The number of hydrogen-bond donors (Lipinski definition) is 2. The van der Waals surface area contributed by atoms with Crippen molar-refractivity contribution in [3.63, 3.8) is 0 Å². The zero-order chi connectivity index (χ0) is 14.7. The van der Waals surface area contributed by atoms with Crippen LogP contribution in [0.15, 0.2) is 48.8 Å². The van der Waals surface area contributed by atoms with Gasteiger partial charge in [-0.2, -0.15) is 0 Å². The van der Waals surface area contributed by atoms with Crippen molar-refractivity contribution in [2.24, 2.45) is 0 Å². The molecule has 1 aromatic carbocycles. The van der Waals surface area contributed by atoms with Crippen molar-refractivity contribution >= 4 is 23.0 Å². The number of anilines is 1. The average Bonchev–Trinajstić information content (AvgIpc) is 2.50. The molecule has 2 heterocycles. The van der Waals surface area contributed by atoms with E-state index >= 15 is 0 Å². The third-order valence-corrected chi connectivity index (χ3v) is 3.97. The molecule has 1 aliphatic rings. The molecule has 1 aromatic heterocycles. The highest BCUT2D eigenvalue weighted by atomic mass is 32.1. The molecule has 2 N–H and O–H groups in total. The largest absolute Gasteiger partial charge is 0.315 e. The van der Waals surface area contributed by atoms with Gasteiger partial charge in [-0.1, -0.05) is 18.2 Å². The minimum Gasteiger partial charge on any atom is -0.315 e. The lowest BCUT2D eigenvalue weighted by atomic mass is 10.2. The molecule has 1 atom stereocenters. The van der Waals surface area contributed by atoms with E-state index in [0.717, 1.165) is 30.7 Å². The maximum absolute atomic E-state index is 5.46. The Labute approximate surface area is 130 Å². The average molecular weight is 299 g/mol. The Hall–Kier alpha value is -1.98. The number of nitrogens with zero attached hydrogens (tertiary/aromatic N) is 2. The summed E-state index contributed by atoms with van der Waals surface area (Å²) in [5.41, 5.74) is 3.64. The molecule has 2 aromatic rings. The summed E-state index contributed by atoms with van der Waals surface area (Å²) in [5.74, 6) is 0. The molecule has 0 amide bonds. The number of aromatic nitrogens is 1. The van der Waals surface area contributed by atoms with Gasteiger partial charge in [0.1, 0.15) is 6.54 Å². The Kier molecular flexibility index (Phi) is 4.13. The van der Waals surface area contributed by atoms with Crippen LogP contribution in [0, 0.1) is 6.92 Å². The summed E-state index contributed by atoms with van der Waals surface area (Å²) < 4.78 is 0. The summed E-state index contributed by atoms with van der Waals surface area (Å²) in [7, 11) is 0. The van der Waals surface area contributed by atoms with Crippen LogP contribution in [0.3, 0.4) is 0 Å². The smallest absolute Gasteiger partial charge is 0.182 e. The molecule has 108 valence electrons. The van der Waals surface area contributed by atoms with E-state index in [2.05, 4.69) is 52.5 Å². The van der Waals surface area contributed by atoms with Crippen LogP contribution in [0.1, 0.15) is 11.1 Å². The van der Waals surface area contributed by atoms with E-state index in [1.807, 2.05) is 18.5 Å². The maximum atomic E-state index is 5.46. The number of nitrogens with one attached hydrogen (secondary N) is 2. The number of hydrogen-bond acceptors (Lipinski definition) is 2. The SMILES string of the molecule is Cc1cccc(N2C[NH+](Cc3cccnc3)CNC2=S)c1. The van der Waals surface area contributed by atoms with Crippen LogP contribution in [-0.2, 0) is 6.54 Å². The second kappa shape index (κ2) is 6.20. The fourth-order valence-electron chi connectivity index (χ4n) is 2.56. The number of pyridine rings is 1. The van der Waals surface area contributed by atoms with Crippen molar-refractivity contribution in [1.29, 1.82) is 0 Å². The van der Waals surface area contributed by atoms with Crippen LogP contribution < -0.4 is 15.1 Å². The van der Waals surface area contributed by atoms with Gasteiger partial charge in [-0.15, -0.1) is 0 Å². The third-order valence-electron chi connectivity index (χ3n) is 3.61. The molecule has 1 fully saturated rings. The molecule has 0 radical (unpaired) electrons. The number of rotatable bonds is 3. The van der Waals surface area contributed by atoms with Gasteiger partial charge in [0, 0.05) is 23.6 Å². The fourth-order valence-corrected chi connectivity index (χ4v) is 2.80. The van der Waals surface area contributed by atoms with Gasteiger partial charge in [0.25, 0.3) is 0 Å². The molecule has 0 spiro atoms. The van der Waals surface area contributed by atoms with Gasteiger partial charge in [0.05, 0.1) is 0 Å². The standard InChI is InChI=1S/C16H18N4S/c1-13-4-2-6-15(8-13)20-12-19(11-18-16(20)21)10-14-5-3-7-17-9-14/h2-9H,10-12H2,1H3,(H,18,21)/p+1. The predicted octanol–water partition coefficient (Wildman–Crippen LogP) is 1.08. The summed E-state index contributed by atoms with van der Waals surface area (Å²) in [6.45, 7) is 4.75. The molecule has 21 heavy (non-hydrogen) atoms. The quantitative estimate of drug-likeness (QED) is 0.831. The zero-order valence-electron chi connectivity index (χ0n) is 12.0. The Morgan fingerprint density at radius 3 is 3.00 bits per heavy atom. The van der Waals surface area contributed by atoms with Gasteiger partial charge in [0.2, 0.25) is 0 Å². The van der Waals surface area contributed by atoms with E-state index < -0.39 is 0 Å².